The second-order valence-electron chi connectivity index (χ2n) is 15.8. The van der Waals surface area contributed by atoms with Crippen LogP contribution in [0, 0.1) is 5.82 Å². The van der Waals surface area contributed by atoms with Crippen LogP contribution >= 0.6 is 23.2 Å². The molecule has 21 heteroatoms. The summed E-state index contributed by atoms with van der Waals surface area (Å²) < 4.78 is 160. The van der Waals surface area contributed by atoms with Crippen molar-refractivity contribution in [1.29, 1.82) is 0 Å². The number of hydrogen-bond donors (Lipinski definition) is 0. The molecule has 9 nitrogen and oxygen atoms in total. The minimum atomic E-state index is -5.67. The van der Waals surface area contributed by atoms with Crippen molar-refractivity contribution in [2.75, 3.05) is 65.2 Å². The average molecular weight is 997 g/mol. The maximum atomic E-state index is 14.4. The van der Waals surface area contributed by atoms with Gasteiger partial charge in [-0.05, 0) is 150 Å². The Labute approximate surface area is 376 Å². The molecule has 3 fully saturated rings. The normalized spacial score (nSPS) is 18.6. The number of benzene rings is 3. The molecule has 3 heterocycles. The van der Waals surface area contributed by atoms with Gasteiger partial charge in [0.05, 0.1) is 19.8 Å². The van der Waals surface area contributed by atoms with Crippen molar-refractivity contribution in [1.82, 2.24) is 14.7 Å². The van der Waals surface area contributed by atoms with Gasteiger partial charge in [0.1, 0.15) is 10.7 Å². The zero-order valence-electron chi connectivity index (χ0n) is 35.5. The molecule has 0 radical (unpaired) electrons. The van der Waals surface area contributed by atoms with Gasteiger partial charge < -0.3 is 14.7 Å². The van der Waals surface area contributed by atoms with Crippen LogP contribution in [0.25, 0.3) is 0 Å². The fraction of sp³-hybridized carbons (Fsp3) is 0.571. The lowest BCUT2D eigenvalue weighted by Gasteiger charge is -2.31. The molecule has 0 unspecified atom stereocenters. The van der Waals surface area contributed by atoms with Crippen molar-refractivity contribution in [3.05, 3.63) is 87.2 Å². The third kappa shape index (κ3) is 12.9. The third-order valence-electron chi connectivity index (χ3n) is 12.0. The molecule has 0 N–H and O–H groups in total. The molecule has 0 amide bonds. The first-order chi connectivity index (χ1) is 29.3. The van der Waals surface area contributed by atoms with E-state index in [1.165, 1.54) is 24.5 Å². The van der Waals surface area contributed by atoms with Crippen LogP contribution in [0.5, 0.6) is 0 Å². The van der Waals surface area contributed by atoms with Crippen molar-refractivity contribution in [2.24, 2.45) is 0 Å². The van der Waals surface area contributed by atoms with Crippen LogP contribution in [0.4, 0.5) is 30.7 Å². The van der Waals surface area contributed by atoms with E-state index in [0.29, 0.717) is 35.4 Å². The Balaban J connectivity index is 0.000000208. The van der Waals surface area contributed by atoms with Crippen LogP contribution in [0.3, 0.4) is 0 Å². The summed E-state index contributed by atoms with van der Waals surface area (Å²) in [4.78, 5) is 4.92. The van der Waals surface area contributed by atoms with Crippen molar-refractivity contribution in [2.45, 2.75) is 103 Å². The molecule has 0 bridgehead atoms. The van der Waals surface area contributed by atoms with Crippen LogP contribution in [-0.2, 0) is 29.5 Å². The number of sulfone groups is 3. The second kappa shape index (κ2) is 21.9. The van der Waals surface area contributed by atoms with Crippen LogP contribution in [0.2, 0.25) is 10.0 Å². The molecule has 3 aromatic rings. The summed E-state index contributed by atoms with van der Waals surface area (Å²) in [5, 5.41) is 0.120. The second-order valence-corrected chi connectivity index (χ2v) is 22.3. The molecule has 0 spiro atoms. The number of nitrogens with zero attached hydrogens (tertiary/aromatic N) is 3. The highest BCUT2D eigenvalue weighted by atomic mass is 35.5. The molecule has 3 aromatic carbocycles. The molecular weight excluding hydrogens is 943 g/mol. The lowest BCUT2D eigenvalue weighted by molar-refractivity contribution is -0.0443. The van der Waals surface area contributed by atoms with Crippen molar-refractivity contribution in [3.63, 3.8) is 0 Å². The number of halogens is 9. The summed E-state index contributed by atoms with van der Waals surface area (Å²) in [6, 6.07) is 12.4. The zero-order valence-corrected chi connectivity index (χ0v) is 39.4. The summed E-state index contributed by atoms with van der Waals surface area (Å²) in [5.41, 5.74) is -9.32. The van der Waals surface area contributed by atoms with E-state index >= 15 is 0 Å². The Morgan fingerprint density at radius 3 is 1.13 bits per heavy atom. The van der Waals surface area contributed by atoms with Crippen molar-refractivity contribution < 1.29 is 56.0 Å². The SMILES string of the molecule is CCN1CCC(c2cccc(S(=O)(=O)C(F)(F)F)c2Cl)CC1.CCN1CCC(c2cccc(S(=O)(=O)C(F)(F)F)c2F)CC1.CCN1CCC(c2cccc(S(C)(=O)=O)c2Cl)CC1. The highest BCUT2D eigenvalue weighted by Crippen LogP contribution is 2.41. The Morgan fingerprint density at radius 2 is 0.794 bits per heavy atom. The Kier molecular flexibility index (Phi) is 18.4. The Morgan fingerprint density at radius 1 is 0.508 bits per heavy atom. The average Bonchev–Trinajstić information content (AvgIpc) is 3.23. The summed E-state index contributed by atoms with van der Waals surface area (Å²) >= 11 is 12.3. The molecule has 3 aliphatic rings. The lowest BCUT2D eigenvalue weighted by Crippen LogP contribution is -2.33. The predicted octanol–water partition coefficient (Wildman–Crippen LogP) is 10.1. The molecular formula is C42H54Cl2F7N3O6S3. The third-order valence-corrected chi connectivity index (χ3v) is 17.2. The van der Waals surface area contributed by atoms with E-state index in [1.807, 2.05) is 19.9 Å². The number of rotatable bonds is 9. The molecule has 6 rings (SSSR count). The molecule has 0 atom stereocenters. The smallest absolute Gasteiger partial charge is 0.304 e. The lowest BCUT2D eigenvalue weighted by atomic mass is 9.89. The largest absolute Gasteiger partial charge is 0.502 e. The van der Waals surface area contributed by atoms with Crippen molar-refractivity contribution in [3.8, 4) is 0 Å². The number of alkyl halides is 6. The maximum absolute atomic E-state index is 14.4. The Bertz CT molecular complexity index is 2230. The highest BCUT2D eigenvalue weighted by Gasteiger charge is 2.49. The minimum absolute atomic E-state index is 0.0151. The number of hydrogen-bond acceptors (Lipinski definition) is 9. The van der Waals surface area contributed by atoms with Gasteiger partial charge in [-0.15, -0.1) is 0 Å². The fourth-order valence-corrected chi connectivity index (χ4v) is 11.9. The van der Waals surface area contributed by atoms with Crippen LogP contribution in [0.15, 0.2) is 69.3 Å². The fourth-order valence-electron chi connectivity index (χ4n) is 8.16. The summed E-state index contributed by atoms with van der Waals surface area (Å²) in [6.07, 6.45) is 5.99. The van der Waals surface area contributed by atoms with Gasteiger partial charge in [-0.1, -0.05) is 80.4 Å². The predicted molar refractivity (Wildman–Crippen MR) is 231 cm³/mol. The highest BCUT2D eigenvalue weighted by molar-refractivity contribution is 7.92. The zero-order chi connectivity index (χ0) is 47.1. The van der Waals surface area contributed by atoms with E-state index < -0.39 is 56.1 Å². The molecule has 3 saturated heterocycles. The van der Waals surface area contributed by atoms with Gasteiger partial charge in [0.25, 0.3) is 19.7 Å². The number of likely N-dealkylation sites (tertiary alicyclic amines) is 3. The maximum Gasteiger partial charge on any atom is 0.502 e. The van der Waals surface area contributed by atoms with Crippen LogP contribution < -0.4 is 0 Å². The van der Waals surface area contributed by atoms with Crippen LogP contribution in [0.1, 0.15) is 93.7 Å². The van der Waals surface area contributed by atoms with Crippen LogP contribution in [-0.4, -0.2) is 116 Å². The van der Waals surface area contributed by atoms with E-state index in [9.17, 15) is 56.0 Å². The summed E-state index contributed by atoms with van der Waals surface area (Å²) in [7, 11) is -14.3. The van der Waals surface area contributed by atoms with E-state index in [2.05, 4.69) is 21.6 Å². The molecule has 0 saturated carbocycles. The molecule has 0 aromatic heterocycles. The van der Waals surface area contributed by atoms with Gasteiger partial charge in [0.2, 0.25) is 0 Å². The molecule has 3 aliphatic heterocycles. The van der Waals surface area contributed by atoms with E-state index in [4.69, 9.17) is 23.2 Å². The first kappa shape index (κ1) is 53.1. The molecule has 63 heavy (non-hydrogen) atoms. The minimum Gasteiger partial charge on any atom is -0.304 e. The van der Waals surface area contributed by atoms with E-state index in [1.54, 1.807) is 18.2 Å². The molecule has 0 aliphatic carbocycles. The summed E-state index contributed by atoms with van der Waals surface area (Å²) in [6.45, 7) is 14.3. The topological polar surface area (TPSA) is 112 Å². The van der Waals surface area contributed by atoms with Gasteiger partial charge >= 0.3 is 11.0 Å². The van der Waals surface area contributed by atoms with Crippen molar-refractivity contribution >= 4 is 52.7 Å². The van der Waals surface area contributed by atoms with Gasteiger partial charge in [-0.2, -0.15) is 26.3 Å². The Hall–Kier alpha value is -2.52. The number of piperidine rings is 3. The molecule has 354 valence electrons. The van der Waals surface area contributed by atoms with Gasteiger partial charge in [0, 0.05) is 6.26 Å². The first-order valence-corrected chi connectivity index (χ1v) is 26.3. The quantitative estimate of drug-likeness (QED) is 0.194. The first-order valence-electron chi connectivity index (χ1n) is 20.6. The standard InChI is InChI=1S/C14H17ClF3NO2S.C14H20ClNO2S.C14H17F4NO2S/c1-2-19-8-6-10(7-9-19)11-4-3-5-12(13(11)15)22(20,21)14(16,17)18;1-3-16-9-7-11(8-10-16)12-5-4-6-13(14(12)15)19(2,17)18;1-2-19-8-6-10(7-9-19)11-4-3-5-12(13(11)15)22(20,21)14(16,17)18/h3-5,10H,2,6-9H2,1H3;4-6,11H,3,7-10H2,1-2H3;3-5,10H,2,6-9H2,1H3. The van der Waals surface area contributed by atoms with Gasteiger partial charge in [0.15, 0.2) is 9.84 Å². The van der Waals surface area contributed by atoms with E-state index in [-0.39, 0.29) is 27.3 Å². The van der Waals surface area contributed by atoms with E-state index in [0.717, 1.165) is 96.2 Å². The van der Waals surface area contributed by atoms with Gasteiger partial charge in [-0.3, -0.25) is 0 Å². The summed E-state index contributed by atoms with van der Waals surface area (Å²) in [5.74, 6) is -1.17. The van der Waals surface area contributed by atoms with Gasteiger partial charge in [-0.25, -0.2) is 29.6 Å². The monoisotopic (exact) mass is 995 g/mol.